The van der Waals surface area contributed by atoms with Crippen LogP contribution in [0.25, 0.3) is 0 Å². The van der Waals surface area contributed by atoms with Gasteiger partial charge < -0.3 is 9.31 Å². The zero-order chi connectivity index (χ0) is 17.9. The molecule has 25 heavy (non-hydrogen) atoms. The molecule has 142 valence electrons. The maximum absolute atomic E-state index is 6.49. The molecule has 3 aliphatic carbocycles. The molecular formula is C22H39BO2. The van der Waals surface area contributed by atoms with Gasteiger partial charge in [0.05, 0.1) is 11.7 Å². The Morgan fingerprint density at radius 2 is 1.68 bits per heavy atom. The molecule has 1 aliphatic heterocycles. The number of allylic oxidation sites excluding steroid dienone is 2. The van der Waals surface area contributed by atoms with Crippen LogP contribution in [0.3, 0.4) is 0 Å². The molecule has 0 unspecified atom stereocenters. The van der Waals surface area contributed by atoms with E-state index in [0.717, 1.165) is 12.2 Å². The molecule has 4 fully saturated rings. The van der Waals surface area contributed by atoms with Gasteiger partial charge in [-0.3, -0.25) is 0 Å². The quantitative estimate of drug-likeness (QED) is 0.258. The first-order chi connectivity index (χ1) is 12.0. The highest BCUT2D eigenvalue weighted by Gasteiger charge is 2.67. The van der Waals surface area contributed by atoms with E-state index in [1.165, 1.54) is 64.2 Å². The average Bonchev–Trinajstić information content (AvgIpc) is 2.92. The SMILES string of the molecule is CCCC/C=C/CCCCCCB1O[C@@H]2C[C@@H]3C[C@@H](C3(C)C)[C@]2(C)O1. The van der Waals surface area contributed by atoms with Gasteiger partial charge in [-0.2, -0.15) is 0 Å². The number of unbranched alkanes of at least 4 members (excludes halogenated alkanes) is 6. The molecule has 2 nitrogen and oxygen atoms in total. The van der Waals surface area contributed by atoms with Crippen LogP contribution in [0.4, 0.5) is 0 Å². The van der Waals surface area contributed by atoms with Crippen molar-refractivity contribution in [2.24, 2.45) is 17.3 Å². The number of hydrogen-bond acceptors (Lipinski definition) is 2. The van der Waals surface area contributed by atoms with Crippen LogP contribution in [0.1, 0.15) is 91.9 Å². The highest BCUT2D eigenvalue weighted by atomic mass is 16.7. The van der Waals surface area contributed by atoms with Crippen molar-refractivity contribution in [3.63, 3.8) is 0 Å². The summed E-state index contributed by atoms with van der Waals surface area (Å²) in [6, 6.07) is 0. The van der Waals surface area contributed by atoms with E-state index in [2.05, 4.69) is 39.8 Å². The molecule has 0 spiro atoms. The first kappa shape index (κ1) is 19.5. The van der Waals surface area contributed by atoms with Crippen molar-refractivity contribution in [1.29, 1.82) is 0 Å². The van der Waals surface area contributed by atoms with Gasteiger partial charge in [-0.05, 0) is 62.6 Å². The summed E-state index contributed by atoms with van der Waals surface area (Å²) in [6.07, 6.45) is 19.1. The highest BCUT2D eigenvalue weighted by Crippen LogP contribution is 2.65. The predicted molar refractivity (Wildman–Crippen MR) is 107 cm³/mol. The fourth-order valence-electron chi connectivity index (χ4n) is 5.56. The second-order valence-electron chi connectivity index (χ2n) is 9.50. The number of hydrogen-bond donors (Lipinski definition) is 0. The smallest absolute Gasteiger partial charge is 0.405 e. The summed E-state index contributed by atoms with van der Waals surface area (Å²) in [5.41, 5.74) is 0.431. The Morgan fingerprint density at radius 3 is 2.40 bits per heavy atom. The molecule has 2 bridgehead atoms. The van der Waals surface area contributed by atoms with Gasteiger partial charge in [0, 0.05) is 0 Å². The van der Waals surface area contributed by atoms with Crippen LogP contribution < -0.4 is 0 Å². The summed E-state index contributed by atoms with van der Waals surface area (Å²) in [5.74, 6) is 1.54. The van der Waals surface area contributed by atoms with Crippen LogP contribution in [0.5, 0.6) is 0 Å². The molecule has 3 saturated carbocycles. The molecule has 4 rings (SSSR count). The van der Waals surface area contributed by atoms with Gasteiger partial charge in [0.15, 0.2) is 0 Å². The molecule has 3 heteroatoms. The average molecular weight is 346 g/mol. The van der Waals surface area contributed by atoms with Gasteiger partial charge in [0.25, 0.3) is 0 Å². The first-order valence-electron chi connectivity index (χ1n) is 11.0. The lowest BCUT2D eigenvalue weighted by Crippen LogP contribution is -2.65. The van der Waals surface area contributed by atoms with Gasteiger partial charge in [0.2, 0.25) is 0 Å². The van der Waals surface area contributed by atoms with E-state index in [9.17, 15) is 0 Å². The minimum atomic E-state index is -0.0216. The van der Waals surface area contributed by atoms with Crippen molar-refractivity contribution in [3.05, 3.63) is 12.2 Å². The van der Waals surface area contributed by atoms with E-state index in [1.807, 2.05) is 0 Å². The first-order valence-corrected chi connectivity index (χ1v) is 11.0. The Labute approximate surface area is 156 Å². The summed E-state index contributed by atoms with van der Waals surface area (Å²) in [4.78, 5) is 0. The molecule has 0 aromatic rings. The van der Waals surface area contributed by atoms with Crippen molar-refractivity contribution >= 4 is 7.12 Å². The summed E-state index contributed by atoms with van der Waals surface area (Å²) in [7, 11) is 0.0547. The summed E-state index contributed by atoms with van der Waals surface area (Å²) in [5, 5.41) is 0. The molecule has 0 amide bonds. The third-order valence-electron chi connectivity index (χ3n) is 7.45. The zero-order valence-corrected chi connectivity index (χ0v) is 17.1. The zero-order valence-electron chi connectivity index (χ0n) is 17.1. The molecule has 0 aromatic heterocycles. The minimum absolute atomic E-state index is 0.0216. The molecule has 0 N–H and O–H groups in total. The molecule has 0 aromatic carbocycles. The molecule has 4 aliphatic rings. The van der Waals surface area contributed by atoms with Crippen molar-refractivity contribution in [2.75, 3.05) is 0 Å². The maximum atomic E-state index is 6.49. The lowest BCUT2D eigenvalue weighted by molar-refractivity contribution is -0.199. The molecular weight excluding hydrogens is 307 g/mol. The second-order valence-corrected chi connectivity index (χ2v) is 9.50. The van der Waals surface area contributed by atoms with Crippen molar-refractivity contribution in [2.45, 2.75) is 110 Å². The van der Waals surface area contributed by atoms with Crippen LogP contribution in [0, 0.1) is 17.3 Å². The number of rotatable bonds is 10. The Kier molecular flexibility index (Phi) is 6.37. The fraction of sp³-hybridized carbons (Fsp3) is 0.909. The lowest BCUT2D eigenvalue weighted by atomic mass is 9.43. The Hall–Kier alpha value is -0.275. The van der Waals surface area contributed by atoms with Crippen molar-refractivity contribution < 1.29 is 9.31 Å². The van der Waals surface area contributed by atoms with E-state index >= 15 is 0 Å². The van der Waals surface area contributed by atoms with E-state index in [4.69, 9.17) is 9.31 Å². The topological polar surface area (TPSA) is 18.5 Å². The van der Waals surface area contributed by atoms with Crippen LogP contribution in [0.15, 0.2) is 12.2 Å². The second kappa shape index (κ2) is 8.17. The van der Waals surface area contributed by atoms with Crippen molar-refractivity contribution in [3.8, 4) is 0 Å². The van der Waals surface area contributed by atoms with Crippen LogP contribution in [-0.4, -0.2) is 18.8 Å². The molecule has 0 radical (unpaired) electrons. The highest BCUT2D eigenvalue weighted by molar-refractivity contribution is 6.45. The Bertz CT molecular complexity index is 461. The van der Waals surface area contributed by atoms with Gasteiger partial charge in [-0.1, -0.05) is 65.0 Å². The molecule has 1 saturated heterocycles. The van der Waals surface area contributed by atoms with E-state index in [-0.39, 0.29) is 12.7 Å². The fourth-order valence-corrected chi connectivity index (χ4v) is 5.56. The van der Waals surface area contributed by atoms with Crippen LogP contribution >= 0.6 is 0 Å². The molecule has 1 heterocycles. The standard InChI is InChI=1S/C22H39BO2/c1-5-6-7-8-9-10-11-12-13-14-15-23-24-20-17-18-16-19(21(18,2)3)22(20,4)25-23/h8-9,18-20H,5-7,10-17H2,1-4H3/b9-8+/t18-,19-,20+,22-/m0/s1. The van der Waals surface area contributed by atoms with Gasteiger partial charge >= 0.3 is 7.12 Å². The summed E-state index contributed by atoms with van der Waals surface area (Å²) in [6.45, 7) is 9.44. The maximum Gasteiger partial charge on any atom is 0.457 e. The third-order valence-corrected chi connectivity index (χ3v) is 7.45. The Morgan fingerprint density at radius 1 is 0.960 bits per heavy atom. The lowest BCUT2D eigenvalue weighted by Gasteiger charge is -2.64. The Balaban J connectivity index is 1.29. The van der Waals surface area contributed by atoms with E-state index in [0.29, 0.717) is 17.4 Å². The third kappa shape index (κ3) is 4.03. The largest absolute Gasteiger partial charge is 0.457 e. The summed E-state index contributed by atoms with van der Waals surface area (Å²) >= 11 is 0. The van der Waals surface area contributed by atoms with Crippen LogP contribution in [-0.2, 0) is 9.31 Å². The monoisotopic (exact) mass is 346 g/mol. The van der Waals surface area contributed by atoms with Gasteiger partial charge in [0.1, 0.15) is 0 Å². The summed E-state index contributed by atoms with van der Waals surface area (Å²) < 4.78 is 12.8. The van der Waals surface area contributed by atoms with Crippen LogP contribution in [0.2, 0.25) is 6.32 Å². The van der Waals surface area contributed by atoms with E-state index in [1.54, 1.807) is 0 Å². The predicted octanol–water partition coefficient (Wildman–Crippen LogP) is 6.41. The molecule has 4 atom stereocenters. The minimum Gasteiger partial charge on any atom is -0.405 e. The van der Waals surface area contributed by atoms with Crippen molar-refractivity contribution in [1.82, 2.24) is 0 Å². The normalized spacial score (nSPS) is 35.8. The van der Waals surface area contributed by atoms with Gasteiger partial charge in [-0.25, -0.2) is 0 Å². The van der Waals surface area contributed by atoms with E-state index < -0.39 is 0 Å². The van der Waals surface area contributed by atoms with Gasteiger partial charge in [-0.15, -0.1) is 0 Å².